The lowest BCUT2D eigenvalue weighted by molar-refractivity contribution is 0.0505. The fourth-order valence-corrected chi connectivity index (χ4v) is 1.25. The lowest BCUT2D eigenvalue weighted by Gasteiger charge is -2.11. The highest BCUT2D eigenvalue weighted by Crippen LogP contribution is 2.24. The van der Waals surface area contributed by atoms with E-state index >= 15 is 0 Å². The Morgan fingerprint density at radius 1 is 1.29 bits per heavy atom. The minimum Gasteiger partial charge on any atom is -0.467 e. The van der Waals surface area contributed by atoms with E-state index in [1.807, 2.05) is 6.92 Å². The van der Waals surface area contributed by atoms with Crippen molar-refractivity contribution < 1.29 is 9.47 Å². The van der Waals surface area contributed by atoms with Gasteiger partial charge in [-0.1, -0.05) is 26.0 Å². The second kappa shape index (κ2) is 5.01. The van der Waals surface area contributed by atoms with Crippen LogP contribution in [0.5, 0.6) is 5.75 Å². The zero-order valence-electron chi connectivity index (χ0n) is 9.33. The highest BCUT2D eigenvalue weighted by Gasteiger charge is 2.04. The standard InChI is InChI=1S/C12H18O2/c1-9(2)11-6-5-10(3)12(7-11)14-8-13-4/h5-7,9H,8H2,1-4H3. The minimum absolute atomic E-state index is 0.308. The van der Waals surface area contributed by atoms with Crippen molar-refractivity contribution in [1.29, 1.82) is 0 Å². The molecule has 0 heterocycles. The maximum atomic E-state index is 5.45. The SMILES string of the molecule is COCOc1cc(C(C)C)ccc1C. The van der Waals surface area contributed by atoms with Crippen LogP contribution in [0.15, 0.2) is 18.2 Å². The zero-order valence-corrected chi connectivity index (χ0v) is 9.33. The van der Waals surface area contributed by atoms with Gasteiger partial charge in [-0.3, -0.25) is 0 Å². The molecular formula is C12H18O2. The minimum atomic E-state index is 0.308. The quantitative estimate of drug-likeness (QED) is 0.686. The fourth-order valence-electron chi connectivity index (χ4n) is 1.25. The fraction of sp³-hybridized carbons (Fsp3) is 0.500. The molecule has 2 heteroatoms. The highest BCUT2D eigenvalue weighted by molar-refractivity contribution is 5.37. The molecule has 0 N–H and O–H groups in total. The molecule has 0 aliphatic heterocycles. The van der Waals surface area contributed by atoms with E-state index in [2.05, 4.69) is 32.0 Å². The first-order chi connectivity index (χ1) is 6.65. The topological polar surface area (TPSA) is 18.5 Å². The van der Waals surface area contributed by atoms with Gasteiger partial charge in [0.25, 0.3) is 0 Å². The van der Waals surface area contributed by atoms with Crippen LogP contribution in [0.1, 0.15) is 30.9 Å². The van der Waals surface area contributed by atoms with Gasteiger partial charge >= 0.3 is 0 Å². The van der Waals surface area contributed by atoms with Gasteiger partial charge in [-0.05, 0) is 30.0 Å². The van der Waals surface area contributed by atoms with Crippen molar-refractivity contribution >= 4 is 0 Å². The van der Waals surface area contributed by atoms with Crippen molar-refractivity contribution in [1.82, 2.24) is 0 Å². The zero-order chi connectivity index (χ0) is 10.6. The summed E-state index contributed by atoms with van der Waals surface area (Å²) in [5.41, 5.74) is 2.44. The van der Waals surface area contributed by atoms with Crippen LogP contribution in [-0.2, 0) is 4.74 Å². The molecule has 0 bridgehead atoms. The number of rotatable bonds is 4. The van der Waals surface area contributed by atoms with Gasteiger partial charge in [-0.25, -0.2) is 0 Å². The molecule has 0 aliphatic carbocycles. The smallest absolute Gasteiger partial charge is 0.188 e. The van der Waals surface area contributed by atoms with Crippen LogP contribution in [-0.4, -0.2) is 13.9 Å². The molecule has 14 heavy (non-hydrogen) atoms. The van der Waals surface area contributed by atoms with Crippen molar-refractivity contribution in [3.8, 4) is 5.75 Å². The molecule has 2 nitrogen and oxygen atoms in total. The molecule has 1 rings (SSSR count). The Morgan fingerprint density at radius 2 is 2.00 bits per heavy atom. The van der Waals surface area contributed by atoms with Gasteiger partial charge in [-0.15, -0.1) is 0 Å². The Balaban J connectivity index is 2.85. The molecule has 0 radical (unpaired) electrons. The van der Waals surface area contributed by atoms with Gasteiger partial charge in [0.05, 0.1) is 0 Å². The van der Waals surface area contributed by atoms with E-state index in [1.54, 1.807) is 7.11 Å². The summed E-state index contributed by atoms with van der Waals surface area (Å²) in [5, 5.41) is 0. The van der Waals surface area contributed by atoms with Gasteiger partial charge < -0.3 is 9.47 Å². The number of benzene rings is 1. The Hall–Kier alpha value is -1.02. The molecule has 1 aromatic carbocycles. The maximum Gasteiger partial charge on any atom is 0.188 e. The van der Waals surface area contributed by atoms with E-state index < -0.39 is 0 Å². The van der Waals surface area contributed by atoms with Crippen LogP contribution in [0, 0.1) is 6.92 Å². The van der Waals surface area contributed by atoms with Crippen LogP contribution in [0.25, 0.3) is 0 Å². The van der Waals surface area contributed by atoms with Gasteiger partial charge in [0.2, 0.25) is 0 Å². The van der Waals surface area contributed by atoms with Gasteiger partial charge in [-0.2, -0.15) is 0 Å². The summed E-state index contributed by atoms with van der Waals surface area (Å²) >= 11 is 0. The van der Waals surface area contributed by atoms with E-state index in [1.165, 1.54) is 5.56 Å². The first-order valence-corrected chi connectivity index (χ1v) is 4.87. The number of hydrogen-bond acceptors (Lipinski definition) is 2. The Morgan fingerprint density at radius 3 is 2.57 bits per heavy atom. The summed E-state index contributed by atoms with van der Waals surface area (Å²) in [6.07, 6.45) is 0. The Bertz CT molecular complexity index is 292. The lowest BCUT2D eigenvalue weighted by Crippen LogP contribution is -2.01. The summed E-state index contributed by atoms with van der Waals surface area (Å²) in [4.78, 5) is 0. The number of aryl methyl sites for hydroxylation is 1. The van der Waals surface area contributed by atoms with E-state index in [9.17, 15) is 0 Å². The van der Waals surface area contributed by atoms with Crippen LogP contribution < -0.4 is 4.74 Å². The van der Waals surface area contributed by atoms with Crippen molar-refractivity contribution in [2.75, 3.05) is 13.9 Å². The predicted molar refractivity (Wildman–Crippen MR) is 57.8 cm³/mol. The molecular weight excluding hydrogens is 176 g/mol. The average molecular weight is 194 g/mol. The molecule has 0 amide bonds. The molecule has 0 fully saturated rings. The average Bonchev–Trinajstić information content (AvgIpc) is 2.16. The Kier molecular flexibility index (Phi) is 3.96. The summed E-state index contributed by atoms with van der Waals surface area (Å²) in [6.45, 7) is 6.69. The maximum absolute atomic E-state index is 5.45. The summed E-state index contributed by atoms with van der Waals surface area (Å²) in [7, 11) is 1.63. The monoisotopic (exact) mass is 194 g/mol. The first kappa shape index (κ1) is 11.1. The van der Waals surface area contributed by atoms with Crippen molar-refractivity contribution in [2.24, 2.45) is 0 Å². The molecule has 0 spiro atoms. The van der Waals surface area contributed by atoms with E-state index in [0.717, 1.165) is 11.3 Å². The molecule has 78 valence electrons. The van der Waals surface area contributed by atoms with Crippen LogP contribution >= 0.6 is 0 Å². The predicted octanol–water partition coefficient (Wildman–Crippen LogP) is 3.10. The second-order valence-corrected chi connectivity index (χ2v) is 3.73. The van der Waals surface area contributed by atoms with Crippen LogP contribution in [0.2, 0.25) is 0 Å². The van der Waals surface area contributed by atoms with Crippen LogP contribution in [0.3, 0.4) is 0 Å². The first-order valence-electron chi connectivity index (χ1n) is 4.87. The van der Waals surface area contributed by atoms with Gasteiger partial charge in [0.1, 0.15) is 5.75 Å². The van der Waals surface area contributed by atoms with Crippen molar-refractivity contribution in [2.45, 2.75) is 26.7 Å². The number of ether oxygens (including phenoxy) is 2. The third-order valence-corrected chi connectivity index (χ3v) is 2.21. The van der Waals surface area contributed by atoms with E-state index in [0.29, 0.717) is 12.7 Å². The molecule has 0 saturated heterocycles. The van der Waals surface area contributed by atoms with Gasteiger partial charge in [0, 0.05) is 7.11 Å². The summed E-state index contributed by atoms with van der Waals surface area (Å²) < 4.78 is 10.3. The third-order valence-electron chi connectivity index (χ3n) is 2.21. The van der Waals surface area contributed by atoms with Crippen molar-refractivity contribution in [3.63, 3.8) is 0 Å². The lowest BCUT2D eigenvalue weighted by atomic mass is 10.0. The largest absolute Gasteiger partial charge is 0.467 e. The van der Waals surface area contributed by atoms with E-state index in [4.69, 9.17) is 9.47 Å². The molecule has 0 saturated carbocycles. The molecule has 0 aliphatic rings. The third kappa shape index (κ3) is 2.74. The number of methoxy groups -OCH3 is 1. The van der Waals surface area contributed by atoms with E-state index in [-0.39, 0.29) is 0 Å². The molecule has 0 atom stereocenters. The Labute approximate surface area is 85.8 Å². The molecule has 0 unspecified atom stereocenters. The molecule has 0 aromatic heterocycles. The van der Waals surface area contributed by atoms with Crippen molar-refractivity contribution in [3.05, 3.63) is 29.3 Å². The summed E-state index contributed by atoms with van der Waals surface area (Å²) in [5.74, 6) is 1.44. The highest BCUT2D eigenvalue weighted by atomic mass is 16.7. The summed E-state index contributed by atoms with van der Waals surface area (Å²) in [6, 6.07) is 6.30. The number of hydrogen-bond donors (Lipinski definition) is 0. The van der Waals surface area contributed by atoms with Gasteiger partial charge in [0.15, 0.2) is 6.79 Å². The molecule has 1 aromatic rings. The normalized spacial score (nSPS) is 10.6. The van der Waals surface area contributed by atoms with Crippen LogP contribution in [0.4, 0.5) is 0 Å². The second-order valence-electron chi connectivity index (χ2n) is 3.73.